The highest BCUT2D eigenvalue weighted by atomic mass is 16.6. The summed E-state index contributed by atoms with van der Waals surface area (Å²) >= 11 is 0. The van der Waals surface area contributed by atoms with Crippen molar-refractivity contribution in [2.24, 2.45) is 17.8 Å². The van der Waals surface area contributed by atoms with Crippen LogP contribution < -0.4 is 0 Å². The van der Waals surface area contributed by atoms with Gasteiger partial charge in [-0.25, -0.2) is 0 Å². The fraction of sp³-hybridized carbons (Fsp3) is 0.889. The molecule has 0 spiro atoms. The summed E-state index contributed by atoms with van der Waals surface area (Å²) in [6.07, 6.45) is 3.06. The van der Waals surface area contributed by atoms with Gasteiger partial charge in [-0.15, -0.1) is 0 Å². The van der Waals surface area contributed by atoms with Crippen LogP contribution >= 0.6 is 0 Å². The molecule has 0 radical (unpaired) electrons. The summed E-state index contributed by atoms with van der Waals surface area (Å²) in [4.78, 5) is 24.6. The van der Waals surface area contributed by atoms with Crippen molar-refractivity contribution in [2.75, 3.05) is 13.2 Å². The van der Waals surface area contributed by atoms with E-state index in [-0.39, 0.29) is 31.0 Å². The topological polar surface area (TPSA) is 85.4 Å². The Labute approximate surface area is 143 Å². The van der Waals surface area contributed by atoms with Crippen LogP contribution in [0.5, 0.6) is 0 Å². The van der Waals surface area contributed by atoms with Gasteiger partial charge in [-0.1, -0.05) is 6.92 Å². The lowest BCUT2D eigenvalue weighted by Gasteiger charge is -2.31. The number of rotatable bonds is 8. The van der Waals surface area contributed by atoms with E-state index in [1.807, 2.05) is 6.92 Å². The molecule has 6 atom stereocenters. The van der Waals surface area contributed by atoms with Crippen molar-refractivity contribution in [1.29, 1.82) is 0 Å². The summed E-state index contributed by atoms with van der Waals surface area (Å²) in [7, 11) is 0. The summed E-state index contributed by atoms with van der Waals surface area (Å²) in [6, 6.07) is 0. The number of ether oxygens (including phenoxy) is 3. The second-order valence-electron chi connectivity index (χ2n) is 6.95. The first-order chi connectivity index (χ1) is 11.5. The molecule has 1 saturated heterocycles. The molecule has 0 bridgehead atoms. The third-order valence-electron chi connectivity index (χ3n) is 5.16. The molecule has 0 aromatic heterocycles. The van der Waals surface area contributed by atoms with Gasteiger partial charge in [0.25, 0.3) is 0 Å². The van der Waals surface area contributed by atoms with Crippen LogP contribution in [0.25, 0.3) is 0 Å². The molecular formula is C18H30O6. The minimum Gasteiger partial charge on any atom is -0.466 e. The van der Waals surface area contributed by atoms with E-state index >= 15 is 0 Å². The van der Waals surface area contributed by atoms with E-state index in [9.17, 15) is 14.7 Å². The van der Waals surface area contributed by atoms with Crippen LogP contribution in [0.1, 0.15) is 52.9 Å². The Hall–Kier alpha value is -1.14. The van der Waals surface area contributed by atoms with Gasteiger partial charge in [0.2, 0.25) is 0 Å². The Bertz CT molecular complexity index is 437. The van der Waals surface area contributed by atoms with Crippen molar-refractivity contribution in [3.63, 3.8) is 0 Å². The summed E-state index contributed by atoms with van der Waals surface area (Å²) in [6.45, 7) is 6.48. The average Bonchev–Trinajstić information content (AvgIpc) is 3.26. The number of aliphatic hydroxyl groups is 1. The van der Waals surface area contributed by atoms with Gasteiger partial charge in [0.15, 0.2) is 0 Å². The van der Waals surface area contributed by atoms with E-state index in [0.29, 0.717) is 25.6 Å². The summed E-state index contributed by atoms with van der Waals surface area (Å²) in [5.41, 5.74) is 0. The highest BCUT2D eigenvalue weighted by Gasteiger charge is 2.41. The Morgan fingerprint density at radius 2 is 1.83 bits per heavy atom. The maximum atomic E-state index is 12.5. The maximum absolute atomic E-state index is 12.5. The first-order valence-corrected chi connectivity index (χ1v) is 9.13. The number of esters is 2. The molecule has 2 aliphatic rings. The van der Waals surface area contributed by atoms with Crippen molar-refractivity contribution in [1.82, 2.24) is 0 Å². The highest BCUT2D eigenvalue weighted by Crippen LogP contribution is 2.33. The lowest BCUT2D eigenvalue weighted by molar-refractivity contribution is -0.165. The lowest BCUT2D eigenvalue weighted by atomic mass is 9.78. The van der Waals surface area contributed by atoms with Gasteiger partial charge in [0, 0.05) is 0 Å². The van der Waals surface area contributed by atoms with E-state index in [0.717, 1.165) is 12.8 Å². The number of carbonyl (C=O) groups excluding carboxylic acids is 2. The maximum Gasteiger partial charge on any atom is 0.309 e. The van der Waals surface area contributed by atoms with Crippen molar-refractivity contribution in [2.45, 2.75) is 71.2 Å². The molecule has 24 heavy (non-hydrogen) atoms. The normalized spacial score (nSPS) is 33.6. The fourth-order valence-electron chi connectivity index (χ4n) is 3.41. The van der Waals surface area contributed by atoms with Crippen molar-refractivity contribution < 1.29 is 28.9 Å². The molecule has 138 valence electrons. The van der Waals surface area contributed by atoms with Gasteiger partial charge in [-0.3, -0.25) is 9.59 Å². The van der Waals surface area contributed by atoms with E-state index in [4.69, 9.17) is 14.2 Å². The molecule has 1 saturated carbocycles. The predicted octanol–water partition coefficient (Wildman–Crippen LogP) is 2.07. The molecule has 0 amide bonds. The van der Waals surface area contributed by atoms with Gasteiger partial charge in [0.1, 0.15) is 0 Å². The van der Waals surface area contributed by atoms with Crippen LogP contribution in [0.4, 0.5) is 0 Å². The van der Waals surface area contributed by atoms with E-state index < -0.39 is 23.9 Å². The van der Waals surface area contributed by atoms with Crippen LogP contribution in [0.3, 0.4) is 0 Å². The molecule has 1 aliphatic heterocycles. The average molecular weight is 342 g/mol. The van der Waals surface area contributed by atoms with Crippen molar-refractivity contribution >= 4 is 11.9 Å². The second-order valence-corrected chi connectivity index (χ2v) is 6.95. The zero-order valence-corrected chi connectivity index (χ0v) is 14.9. The molecule has 1 heterocycles. The van der Waals surface area contributed by atoms with E-state index in [1.54, 1.807) is 6.92 Å². The SMILES string of the molecule is CCOC(=O)C1CCC(O)CC1C(=O)OCC(CC)CC1OC1C. The minimum atomic E-state index is -0.610. The third kappa shape index (κ3) is 5.18. The molecular weight excluding hydrogens is 312 g/mol. The molecule has 0 aromatic carbocycles. The standard InChI is InChI=1S/C18H30O6/c1-4-12(8-16-11(3)24-16)10-23-18(21)15-9-13(19)6-7-14(15)17(20)22-5-2/h11-16,19H,4-10H2,1-3H3. The zero-order chi connectivity index (χ0) is 17.7. The van der Waals surface area contributed by atoms with Crippen molar-refractivity contribution in [3.8, 4) is 0 Å². The predicted molar refractivity (Wildman–Crippen MR) is 87.2 cm³/mol. The Kier molecular flexibility index (Phi) is 7.04. The molecule has 1 N–H and O–H groups in total. The molecule has 0 aromatic rings. The molecule has 6 heteroatoms. The monoisotopic (exact) mass is 342 g/mol. The molecule has 6 nitrogen and oxygen atoms in total. The van der Waals surface area contributed by atoms with Crippen LogP contribution in [-0.2, 0) is 23.8 Å². The smallest absolute Gasteiger partial charge is 0.309 e. The minimum absolute atomic E-state index is 0.262. The third-order valence-corrected chi connectivity index (χ3v) is 5.16. The quantitative estimate of drug-likeness (QED) is 0.537. The summed E-state index contributed by atoms with van der Waals surface area (Å²) in [5.74, 6) is -1.61. The first-order valence-electron chi connectivity index (χ1n) is 9.13. The van der Waals surface area contributed by atoms with Crippen LogP contribution in [0, 0.1) is 17.8 Å². The Morgan fingerprint density at radius 1 is 1.17 bits per heavy atom. The molecule has 1 aliphatic carbocycles. The van der Waals surface area contributed by atoms with Crippen LogP contribution in [-0.4, -0.2) is 48.6 Å². The fourth-order valence-corrected chi connectivity index (χ4v) is 3.41. The first kappa shape index (κ1) is 19.2. The molecule has 2 fully saturated rings. The van der Waals surface area contributed by atoms with Crippen molar-refractivity contribution in [3.05, 3.63) is 0 Å². The van der Waals surface area contributed by atoms with Gasteiger partial charge >= 0.3 is 11.9 Å². The number of carbonyl (C=O) groups is 2. The zero-order valence-electron chi connectivity index (χ0n) is 14.9. The number of epoxide rings is 1. The molecule has 2 rings (SSSR count). The Morgan fingerprint density at radius 3 is 2.42 bits per heavy atom. The number of hydrogen-bond donors (Lipinski definition) is 1. The lowest BCUT2D eigenvalue weighted by Crippen LogP contribution is -2.39. The summed E-state index contributed by atoms with van der Waals surface area (Å²) in [5, 5.41) is 9.86. The van der Waals surface area contributed by atoms with E-state index in [2.05, 4.69) is 6.92 Å². The van der Waals surface area contributed by atoms with E-state index in [1.165, 1.54) is 0 Å². The second kappa shape index (κ2) is 8.81. The molecule has 6 unspecified atom stereocenters. The number of hydrogen-bond acceptors (Lipinski definition) is 6. The van der Waals surface area contributed by atoms with Gasteiger partial charge in [-0.2, -0.15) is 0 Å². The number of aliphatic hydroxyl groups excluding tert-OH is 1. The van der Waals surface area contributed by atoms with Gasteiger partial charge in [0.05, 0.1) is 43.4 Å². The van der Waals surface area contributed by atoms with Crippen LogP contribution in [0.2, 0.25) is 0 Å². The highest BCUT2D eigenvalue weighted by molar-refractivity contribution is 5.82. The van der Waals surface area contributed by atoms with Crippen LogP contribution in [0.15, 0.2) is 0 Å². The summed E-state index contributed by atoms with van der Waals surface area (Å²) < 4.78 is 16.0. The van der Waals surface area contributed by atoms with Gasteiger partial charge in [-0.05, 0) is 51.9 Å². The Balaban J connectivity index is 1.87. The van der Waals surface area contributed by atoms with Gasteiger partial charge < -0.3 is 19.3 Å². The largest absolute Gasteiger partial charge is 0.466 e.